The van der Waals surface area contributed by atoms with Crippen LogP contribution in [0, 0.1) is 0 Å². The number of para-hydroxylation sites is 1. The van der Waals surface area contributed by atoms with Gasteiger partial charge in [0.05, 0.1) is 10.7 Å². The molecule has 0 unspecified atom stereocenters. The highest BCUT2D eigenvalue weighted by molar-refractivity contribution is 6.33. The number of hydrogen-bond donors (Lipinski definition) is 2. The molecule has 0 saturated heterocycles. The maximum Gasteiger partial charge on any atom is 0.232 e. The zero-order chi connectivity index (χ0) is 15.1. The predicted octanol–water partition coefficient (Wildman–Crippen LogP) is 3.38. The predicted molar refractivity (Wildman–Crippen MR) is 81.0 cm³/mol. The van der Waals surface area contributed by atoms with Crippen molar-refractivity contribution < 1.29 is 0 Å². The molecule has 0 bridgehead atoms. The van der Waals surface area contributed by atoms with Crippen LogP contribution >= 0.6 is 34.8 Å². The van der Waals surface area contributed by atoms with Crippen molar-refractivity contribution in [3.05, 3.63) is 52.5 Å². The number of benzene rings is 1. The lowest BCUT2D eigenvalue weighted by Crippen LogP contribution is -1.99. The Morgan fingerprint density at radius 2 is 1.67 bits per heavy atom. The lowest BCUT2D eigenvalue weighted by atomic mass is 10.3. The van der Waals surface area contributed by atoms with Gasteiger partial charge in [0.2, 0.25) is 16.5 Å². The van der Waals surface area contributed by atoms with Gasteiger partial charge in [0.1, 0.15) is 12.7 Å². The number of hydrogen-bond acceptors (Lipinski definition) is 6. The number of aromatic amines is 1. The number of anilines is 2. The van der Waals surface area contributed by atoms with Gasteiger partial charge in [0.15, 0.2) is 0 Å². The van der Waals surface area contributed by atoms with Crippen LogP contribution in [0.15, 0.2) is 36.9 Å². The van der Waals surface area contributed by atoms with E-state index in [1.165, 1.54) is 12.7 Å². The average Bonchev–Trinajstić information content (AvgIpc) is 2.99. The molecular weight excluding hydrogens is 337 g/mol. The Morgan fingerprint density at radius 1 is 0.952 bits per heavy atom. The molecule has 0 radical (unpaired) electrons. The van der Waals surface area contributed by atoms with E-state index in [0.717, 1.165) is 0 Å². The summed E-state index contributed by atoms with van der Waals surface area (Å²) in [4.78, 5) is 14.9. The van der Waals surface area contributed by atoms with Crippen LogP contribution < -0.4 is 5.32 Å². The van der Waals surface area contributed by atoms with Crippen LogP contribution in [0.1, 0.15) is 0 Å². The van der Waals surface area contributed by atoms with Crippen molar-refractivity contribution in [2.75, 3.05) is 5.32 Å². The normalized spacial score (nSPS) is 9.67. The Balaban J connectivity index is 0.000000272. The molecule has 0 atom stereocenters. The Kier molecular flexibility index (Phi) is 5.68. The van der Waals surface area contributed by atoms with Crippen molar-refractivity contribution in [2.45, 2.75) is 0 Å². The maximum absolute atomic E-state index is 5.95. The second-order valence-corrected chi connectivity index (χ2v) is 4.54. The number of H-pyrrole nitrogens is 1. The van der Waals surface area contributed by atoms with Crippen LogP contribution in [0.4, 0.5) is 11.6 Å². The van der Waals surface area contributed by atoms with Crippen LogP contribution in [-0.2, 0) is 0 Å². The van der Waals surface area contributed by atoms with E-state index in [9.17, 15) is 0 Å². The molecule has 1 aromatic carbocycles. The first kappa shape index (κ1) is 15.4. The minimum absolute atomic E-state index is 0.0227. The third-order valence-corrected chi connectivity index (χ3v) is 2.70. The van der Waals surface area contributed by atoms with Crippen molar-refractivity contribution in [1.82, 2.24) is 30.1 Å². The minimum Gasteiger partial charge on any atom is -0.323 e. The van der Waals surface area contributed by atoms with Gasteiger partial charge in [-0.3, -0.25) is 5.10 Å². The maximum atomic E-state index is 5.95. The number of rotatable bonds is 2. The van der Waals surface area contributed by atoms with Gasteiger partial charge in [-0.2, -0.15) is 20.1 Å². The van der Waals surface area contributed by atoms with Crippen molar-refractivity contribution in [3.8, 4) is 0 Å². The SMILES string of the molecule is Clc1nc(Cl)nc(Nc2ccccc2Cl)n1.c1nc[nH]n1. The molecule has 7 nitrogen and oxygen atoms in total. The van der Waals surface area contributed by atoms with Crippen LogP contribution in [0.5, 0.6) is 0 Å². The lowest BCUT2D eigenvalue weighted by Gasteiger charge is -2.06. The second kappa shape index (κ2) is 7.72. The quantitative estimate of drug-likeness (QED) is 0.740. The van der Waals surface area contributed by atoms with Crippen LogP contribution in [-0.4, -0.2) is 30.1 Å². The third-order valence-electron chi connectivity index (χ3n) is 2.03. The molecule has 21 heavy (non-hydrogen) atoms. The summed E-state index contributed by atoms with van der Waals surface area (Å²) >= 11 is 17.2. The fourth-order valence-electron chi connectivity index (χ4n) is 1.23. The molecule has 0 aliphatic heterocycles. The van der Waals surface area contributed by atoms with Gasteiger partial charge in [-0.15, -0.1) is 0 Å². The molecular formula is C11H8Cl3N7. The highest BCUT2D eigenvalue weighted by atomic mass is 35.5. The van der Waals surface area contributed by atoms with Crippen LogP contribution in [0.25, 0.3) is 0 Å². The van der Waals surface area contributed by atoms with E-state index in [1.54, 1.807) is 12.1 Å². The minimum atomic E-state index is 0.0227. The molecule has 0 amide bonds. The smallest absolute Gasteiger partial charge is 0.232 e. The summed E-state index contributed by atoms with van der Waals surface area (Å²) in [5.41, 5.74) is 0.669. The van der Waals surface area contributed by atoms with E-state index in [0.29, 0.717) is 10.7 Å². The summed E-state index contributed by atoms with van der Waals surface area (Å²) in [6, 6.07) is 7.18. The summed E-state index contributed by atoms with van der Waals surface area (Å²) in [5.74, 6) is 0.248. The Morgan fingerprint density at radius 3 is 2.19 bits per heavy atom. The summed E-state index contributed by atoms with van der Waals surface area (Å²) in [6.45, 7) is 0. The topological polar surface area (TPSA) is 92.3 Å². The summed E-state index contributed by atoms with van der Waals surface area (Å²) in [7, 11) is 0. The van der Waals surface area contributed by atoms with Gasteiger partial charge in [-0.1, -0.05) is 23.7 Å². The van der Waals surface area contributed by atoms with E-state index < -0.39 is 0 Å². The zero-order valence-electron chi connectivity index (χ0n) is 10.3. The molecule has 10 heteroatoms. The average molecular weight is 345 g/mol. The molecule has 108 valence electrons. The molecule has 2 heterocycles. The van der Waals surface area contributed by atoms with Crippen molar-refractivity contribution >= 4 is 46.4 Å². The third kappa shape index (κ3) is 5.14. The van der Waals surface area contributed by atoms with Gasteiger partial charge >= 0.3 is 0 Å². The Labute approximate surface area is 134 Å². The van der Waals surface area contributed by atoms with Crippen molar-refractivity contribution in [3.63, 3.8) is 0 Å². The van der Waals surface area contributed by atoms with Gasteiger partial charge in [0, 0.05) is 0 Å². The molecule has 0 aliphatic rings. The fraction of sp³-hybridized carbons (Fsp3) is 0. The second-order valence-electron chi connectivity index (χ2n) is 3.45. The van der Waals surface area contributed by atoms with Crippen molar-refractivity contribution in [2.24, 2.45) is 0 Å². The molecule has 3 aromatic rings. The lowest BCUT2D eigenvalue weighted by molar-refractivity contribution is 1.05. The van der Waals surface area contributed by atoms with E-state index in [4.69, 9.17) is 34.8 Å². The molecule has 0 saturated carbocycles. The number of nitrogens with one attached hydrogen (secondary N) is 2. The summed E-state index contributed by atoms with van der Waals surface area (Å²) in [6.07, 6.45) is 2.96. The van der Waals surface area contributed by atoms with Crippen molar-refractivity contribution in [1.29, 1.82) is 0 Å². The first-order valence-electron chi connectivity index (χ1n) is 5.52. The Bertz CT molecular complexity index is 653. The molecule has 0 fully saturated rings. The summed E-state index contributed by atoms with van der Waals surface area (Å²) < 4.78 is 0. The van der Waals surface area contributed by atoms with E-state index in [1.807, 2.05) is 12.1 Å². The first-order valence-corrected chi connectivity index (χ1v) is 6.66. The largest absolute Gasteiger partial charge is 0.323 e. The monoisotopic (exact) mass is 343 g/mol. The van der Waals surface area contributed by atoms with E-state index >= 15 is 0 Å². The van der Waals surface area contributed by atoms with Gasteiger partial charge < -0.3 is 5.32 Å². The van der Waals surface area contributed by atoms with Gasteiger partial charge in [-0.05, 0) is 35.3 Å². The molecule has 0 aliphatic carbocycles. The number of nitrogens with zero attached hydrogens (tertiary/aromatic N) is 5. The first-order chi connectivity index (χ1) is 10.1. The molecule has 2 N–H and O–H groups in total. The van der Waals surface area contributed by atoms with E-state index in [-0.39, 0.29) is 16.5 Å². The highest BCUT2D eigenvalue weighted by Gasteiger charge is 2.05. The number of halogens is 3. The zero-order valence-corrected chi connectivity index (χ0v) is 12.6. The molecule has 2 aromatic heterocycles. The van der Waals surface area contributed by atoms with E-state index in [2.05, 4.69) is 35.5 Å². The Hall–Kier alpha value is -1.96. The fourth-order valence-corrected chi connectivity index (χ4v) is 1.78. The van der Waals surface area contributed by atoms with Crippen LogP contribution in [0.2, 0.25) is 15.6 Å². The van der Waals surface area contributed by atoms with Gasteiger partial charge in [-0.25, -0.2) is 4.98 Å². The molecule has 3 rings (SSSR count). The van der Waals surface area contributed by atoms with Crippen LogP contribution in [0.3, 0.4) is 0 Å². The standard InChI is InChI=1S/C9H5Cl3N4.C2H3N3/c10-5-3-1-2-4-6(5)13-9-15-7(11)14-8(12)16-9;1-3-2-5-4-1/h1-4H,(H,13,14,15,16);1-2H,(H,3,4,5). The molecule has 0 spiro atoms. The number of aromatic nitrogens is 6. The highest BCUT2D eigenvalue weighted by Crippen LogP contribution is 2.23. The summed E-state index contributed by atoms with van der Waals surface area (Å²) in [5, 5.41) is 9.47. The van der Waals surface area contributed by atoms with Gasteiger partial charge in [0.25, 0.3) is 0 Å².